The van der Waals surface area contributed by atoms with Crippen LogP contribution in [0.25, 0.3) is 0 Å². The van der Waals surface area contributed by atoms with Crippen LogP contribution in [0.3, 0.4) is 0 Å². The number of amides is 2. The fourth-order valence-corrected chi connectivity index (χ4v) is 3.74. The molecular weight excluding hydrogens is 399 g/mol. The predicted octanol–water partition coefficient (Wildman–Crippen LogP) is 4.38. The van der Waals surface area contributed by atoms with Crippen molar-refractivity contribution in [2.45, 2.75) is 24.8 Å². The van der Waals surface area contributed by atoms with E-state index in [4.69, 9.17) is 23.2 Å². The first kappa shape index (κ1) is 20.4. The van der Waals surface area contributed by atoms with Crippen molar-refractivity contribution in [1.82, 2.24) is 5.32 Å². The molecule has 140 valence electrons. The molecule has 2 aromatic carbocycles. The zero-order valence-corrected chi connectivity index (χ0v) is 16.4. The summed E-state index contributed by atoms with van der Waals surface area (Å²) in [7, 11) is -3.46. The van der Waals surface area contributed by atoms with Crippen LogP contribution >= 0.6 is 23.2 Å². The van der Waals surface area contributed by atoms with Crippen LogP contribution in [0.4, 0.5) is 10.5 Å². The summed E-state index contributed by atoms with van der Waals surface area (Å²) >= 11 is 12.0. The molecule has 0 heterocycles. The van der Waals surface area contributed by atoms with Gasteiger partial charge in [0.25, 0.3) is 0 Å². The Morgan fingerprint density at radius 2 is 1.88 bits per heavy atom. The van der Waals surface area contributed by atoms with Gasteiger partial charge in [0.1, 0.15) is 5.75 Å². The van der Waals surface area contributed by atoms with Gasteiger partial charge in [-0.2, -0.15) is 0 Å². The number of sulfone groups is 1. The average Bonchev–Trinajstić information content (AvgIpc) is 2.56. The molecule has 0 fully saturated rings. The van der Waals surface area contributed by atoms with Gasteiger partial charge in [-0.25, -0.2) is 13.2 Å². The van der Waals surface area contributed by atoms with Crippen LogP contribution in [-0.4, -0.2) is 25.3 Å². The van der Waals surface area contributed by atoms with E-state index in [0.29, 0.717) is 15.6 Å². The van der Waals surface area contributed by atoms with Crippen molar-refractivity contribution in [3.8, 4) is 5.75 Å². The van der Waals surface area contributed by atoms with Gasteiger partial charge < -0.3 is 15.7 Å². The summed E-state index contributed by atoms with van der Waals surface area (Å²) in [6.07, 6.45) is 0. The zero-order chi connectivity index (χ0) is 19.5. The summed E-state index contributed by atoms with van der Waals surface area (Å²) in [5, 5.41) is 15.9. The molecule has 0 saturated carbocycles. The summed E-state index contributed by atoms with van der Waals surface area (Å²) in [4.78, 5) is 12.2. The molecule has 0 aliphatic carbocycles. The van der Waals surface area contributed by atoms with Crippen LogP contribution in [0, 0.1) is 0 Å². The van der Waals surface area contributed by atoms with E-state index < -0.39 is 21.9 Å². The largest absolute Gasteiger partial charge is 0.506 e. The van der Waals surface area contributed by atoms with Gasteiger partial charge in [-0.1, -0.05) is 36.2 Å². The van der Waals surface area contributed by atoms with Crippen molar-refractivity contribution >= 4 is 44.8 Å². The van der Waals surface area contributed by atoms with E-state index in [0.717, 1.165) is 0 Å². The number of phenols is 1. The quantitative estimate of drug-likeness (QED) is 0.630. The highest BCUT2D eigenvalue weighted by Crippen LogP contribution is 2.28. The second kappa shape index (κ2) is 8.16. The van der Waals surface area contributed by atoms with Crippen LogP contribution in [0.15, 0.2) is 41.3 Å². The Hall–Kier alpha value is -1.96. The lowest BCUT2D eigenvalue weighted by Gasteiger charge is -2.17. The van der Waals surface area contributed by atoms with E-state index in [1.54, 1.807) is 25.1 Å². The molecular formula is C17H18Cl2N2O4S. The van der Waals surface area contributed by atoms with Crippen molar-refractivity contribution in [2.75, 3.05) is 11.1 Å². The second-order valence-electron chi connectivity index (χ2n) is 5.57. The maximum Gasteiger partial charge on any atom is 0.319 e. The maximum absolute atomic E-state index is 12.2. The number of halogens is 2. The zero-order valence-electron chi connectivity index (χ0n) is 14.1. The van der Waals surface area contributed by atoms with Crippen molar-refractivity contribution in [2.24, 2.45) is 0 Å². The number of rotatable bonds is 5. The smallest absolute Gasteiger partial charge is 0.319 e. The molecule has 0 aromatic heterocycles. The van der Waals surface area contributed by atoms with Crippen molar-refractivity contribution < 1.29 is 18.3 Å². The highest BCUT2D eigenvalue weighted by molar-refractivity contribution is 7.91. The Morgan fingerprint density at radius 1 is 1.19 bits per heavy atom. The number of nitrogens with one attached hydrogen (secondary N) is 2. The third-order valence-corrected chi connectivity index (χ3v) is 6.03. The topological polar surface area (TPSA) is 95.5 Å². The van der Waals surface area contributed by atoms with E-state index in [-0.39, 0.29) is 22.1 Å². The normalized spacial score (nSPS) is 12.5. The Kier molecular flexibility index (Phi) is 6.39. The number of carbonyl (C=O) groups excluding carboxylic acids is 1. The molecule has 0 aliphatic heterocycles. The molecule has 0 spiro atoms. The number of hydrogen-bond acceptors (Lipinski definition) is 4. The van der Waals surface area contributed by atoms with Gasteiger partial charge in [0, 0.05) is 10.0 Å². The van der Waals surface area contributed by atoms with Crippen molar-refractivity contribution in [1.29, 1.82) is 0 Å². The Balaban J connectivity index is 2.16. The number of carbonyl (C=O) groups is 1. The van der Waals surface area contributed by atoms with E-state index >= 15 is 0 Å². The van der Waals surface area contributed by atoms with Crippen molar-refractivity contribution in [3.63, 3.8) is 0 Å². The minimum absolute atomic E-state index is 0.00794. The number of anilines is 1. The number of hydrogen-bond donors (Lipinski definition) is 3. The first-order chi connectivity index (χ1) is 12.1. The first-order valence-electron chi connectivity index (χ1n) is 7.72. The minimum Gasteiger partial charge on any atom is -0.506 e. The molecule has 26 heavy (non-hydrogen) atoms. The third kappa shape index (κ3) is 4.81. The highest BCUT2D eigenvalue weighted by Gasteiger charge is 2.17. The summed E-state index contributed by atoms with van der Waals surface area (Å²) in [6, 6.07) is 7.58. The summed E-state index contributed by atoms with van der Waals surface area (Å²) in [5.74, 6) is -0.331. The van der Waals surface area contributed by atoms with Crippen LogP contribution in [0.1, 0.15) is 25.5 Å². The molecule has 2 rings (SSSR count). The van der Waals surface area contributed by atoms with Crippen LogP contribution in [0.2, 0.25) is 10.0 Å². The molecule has 6 nitrogen and oxygen atoms in total. The standard InChI is InChI=1S/C17H18Cl2N2O4S/c1-3-26(24,25)12-5-7-16(22)15(9-12)21-17(23)20-10(2)13-6-4-11(18)8-14(13)19/h4-10,22H,3H2,1-2H3,(H2,20,21,23). The van der Waals surface area contributed by atoms with Gasteiger partial charge in [-0.3, -0.25) is 0 Å². The van der Waals surface area contributed by atoms with Gasteiger partial charge in [-0.05, 0) is 42.8 Å². The summed E-state index contributed by atoms with van der Waals surface area (Å²) in [5.41, 5.74) is 0.657. The average molecular weight is 417 g/mol. The molecule has 1 atom stereocenters. The van der Waals surface area contributed by atoms with Gasteiger partial charge in [-0.15, -0.1) is 0 Å². The first-order valence-corrected chi connectivity index (χ1v) is 10.1. The fraction of sp³-hybridized carbons (Fsp3) is 0.235. The van der Waals surface area contributed by atoms with E-state index in [2.05, 4.69) is 10.6 Å². The SMILES string of the molecule is CCS(=O)(=O)c1ccc(O)c(NC(=O)NC(C)c2ccc(Cl)cc2Cl)c1. The number of benzene rings is 2. The molecule has 0 saturated heterocycles. The summed E-state index contributed by atoms with van der Waals surface area (Å²) < 4.78 is 23.9. The van der Waals surface area contributed by atoms with Crippen LogP contribution in [-0.2, 0) is 9.84 Å². The molecule has 0 bridgehead atoms. The predicted molar refractivity (Wildman–Crippen MR) is 103 cm³/mol. The summed E-state index contributed by atoms with van der Waals surface area (Å²) in [6.45, 7) is 3.24. The van der Waals surface area contributed by atoms with E-state index in [9.17, 15) is 18.3 Å². The molecule has 9 heteroatoms. The second-order valence-corrected chi connectivity index (χ2v) is 8.69. The van der Waals surface area contributed by atoms with Crippen LogP contribution in [0.5, 0.6) is 5.75 Å². The number of urea groups is 1. The monoisotopic (exact) mass is 416 g/mol. The molecule has 0 radical (unpaired) electrons. The molecule has 3 N–H and O–H groups in total. The molecule has 1 unspecified atom stereocenters. The molecule has 2 amide bonds. The molecule has 0 aliphatic rings. The van der Waals surface area contributed by atoms with E-state index in [1.165, 1.54) is 25.1 Å². The van der Waals surface area contributed by atoms with Gasteiger partial charge in [0.2, 0.25) is 0 Å². The fourth-order valence-electron chi connectivity index (χ4n) is 2.26. The number of phenolic OH excluding ortho intramolecular Hbond substituents is 1. The van der Waals surface area contributed by atoms with Gasteiger partial charge in [0.05, 0.1) is 22.4 Å². The van der Waals surface area contributed by atoms with Crippen LogP contribution < -0.4 is 10.6 Å². The third-order valence-electron chi connectivity index (χ3n) is 3.73. The van der Waals surface area contributed by atoms with E-state index in [1.807, 2.05) is 0 Å². The Morgan fingerprint density at radius 3 is 2.50 bits per heavy atom. The van der Waals surface area contributed by atoms with Crippen molar-refractivity contribution in [3.05, 3.63) is 52.0 Å². The highest BCUT2D eigenvalue weighted by atomic mass is 35.5. The lowest BCUT2D eigenvalue weighted by molar-refractivity contribution is 0.249. The lowest BCUT2D eigenvalue weighted by atomic mass is 10.1. The lowest BCUT2D eigenvalue weighted by Crippen LogP contribution is -2.31. The maximum atomic E-state index is 12.2. The van der Waals surface area contributed by atoms with Gasteiger partial charge in [0.15, 0.2) is 9.84 Å². The van der Waals surface area contributed by atoms with Gasteiger partial charge >= 0.3 is 6.03 Å². The number of aromatic hydroxyl groups is 1. The Labute approximate surface area is 162 Å². The Bertz CT molecular complexity index is 932. The minimum atomic E-state index is -3.46. The molecule has 2 aromatic rings.